The molecule has 22 heavy (non-hydrogen) atoms. The second kappa shape index (κ2) is 5.39. The van der Waals surface area contributed by atoms with Crippen LogP contribution in [0.1, 0.15) is 42.3 Å². The lowest BCUT2D eigenvalue weighted by atomic mass is 9.99. The van der Waals surface area contributed by atoms with Gasteiger partial charge in [-0.2, -0.15) is 0 Å². The smallest absolute Gasteiger partial charge is 0.329 e. The van der Waals surface area contributed by atoms with Gasteiger partial charge in [0.15, 0.2) is 0 Å². The van der Waals surface area contributed by atoms with Gasteiger partial charge in [-0.15, -0.1) is 11.3 Å². The van der Waals surface area contributed by atoms with Crippen molar-refractivity contribution in [1.29, 1.82) is 0 Å². The van der Waals surface area contributed by atoms with E-state index in [9.17, 15) is 19.5 Å². The first kappa shape index (κ1) is 15.0. The summed E-state index contributed by atoms with van der Waals surface area (Å²) in [5.41, 5.74) is -1.14. The highest BCUT2D eigenvalue weighted by atomic mass is 32.1. The van der Waals surface area contributed by atoms with Gasteiger partial charge in [0.05, 0.1) is 9.88 Å². The Bertz CT molecular complexity index is 637. The quantitative estimate of drug-likeness (QED) is 0.889. The Kier molecular flexibility index (Phi) is 3.68. The molecule has 2 aliphatic rings. The Balaban J connectivity index is 1.73. The lowest BCUT2D eigenvalue weighted by molar-refractivity contribution is -0.147. The number of amides is 2. The fourth-order valence-electron chi connectivity index (χ4n) is 2.73. The molecule has 1 aliphatic carbocycles. The largest absolute Gasteiger partial charge is 0.480 e. The normalized spacial score (nSPS) is 24.3. The molecule has 1 aromatic heterocycles. The average Bonchev–Trinajstić information content (AvgIpc) is 3.10. The Morgan fingerprint density at radius 2 is 2.09 bits per heavy atom. The number of nitrogens with one attached hydrogen (secondary N) is 1. The molecular formula is C15H18N2O4S. The number of carbonyl (C=O) groups is 3. The topological polar surface area (TPSA) is 86.7 Å². The summed E-state index contributed by atoms with van der Waals surface area (Å²) in [5.74, 6) is -1.15. The molecule has 118 valence electrons. The first-order chi connectivity index (χ1) is 10.4. The summed E-state index contributed by atoms with van der Waals surface area (Å²) < 4.78 is 0. The van der Waals surface area contributed by atoms with Crippen LogP contribution >= 0.6 is 11.3 Å². The number of carboxylic acids is 1. The number of rotatable bonds is 4. The molecule has 2 fully saturated rings. The Labute approximate surface area is 132 Å². The van der Waals surface area contributed by atoms with E-state index in [2.05, 4.69) is 5.32 Å². The highest BCUT2D eigenvalue weighted by Gasteiger charge is 2.46. The molecule has 2 amide bonds. The molecule has 0 unspecified atom stereocenters. The average molecular weight is 322 g/mol. The van der Waals surface area contributed by atoms with Crippen LogP contribution in [0.25, 0.3) is 0 Å². The molecule has 1 saturated heterocycles. The number of thiophene rings is 1. The van der Waals surface area contributed by atoms with Gasteiger partial charge < -0.3 is 15.3 Å². The van der Waals surface area contributed by atoms with Crippen LogP contribution in [0.4, 0.5) is 5.00 Å². The molecule has 2 heterocycles. The predicted octanol–water partition coefficient (Wildman–Crippen LogP) is 2.18. The monoisotopic (exact) mass is 322 g/mol. The maximum atomic E-state index is 12.6. The highest BCUT2D eigenvalue weighted by Crippen LogP contribution is 2.34. The second-order valence-corrected chi connectivity index (χ2v) is 7.15. The number of carbonyl (C=O) groups excluding carboxylic acids is 2. The van der Waals surface area contributed by atoms with Crippen LogP contribution in [0, 0.1) is 5.92 Å². The molecule has 0 spiro atoms. The highest BCUT2D eigenvalue weighted by molar-refractivity contribution is 7.18. The van der Waals surface area contributed by atoms with Crippen LogP contribution in [0.15, 0.2) is 12.1 Å². The summed E-state index contributed by atoms with van der Waals surface area (Å²) >= 11 is 1.20. The fraction of sp³-hybridized carbons (Fsp3) is 0.533. The number of likely N-dealkylation sites (tertiary alicyclic amines) is 1. The van der Waals surface area contributed by atoms with Crippen molar-refractivity contribution in [1.82, 2.24) is 4.90 Å². The van der Waals surface area contributed by atoms with E-state index >= 15 is 0 Å². The van der Waals surface area contributed by atoms with E-state index in [4.69, 9.17) is 0 Å². The summed E-state index contributed by atoms with van der Waals surface area (Å²) in [4.78, 5) is 37.6. The maximum absolute atomic E-state index is 12.6. The van der Waals surface area contributed by atoms with E-state index in [0.29, 0.717) is 29.3 Å². The number of nitrogens with zero attached hydrogens (tertiary/aromatic N) is 1. The zero-order chi connectivity index (χ0) is 15.9. The van der Waals surface area contributed by atoms with Gasteiger partial charge >= 0.3 is 5.97 Å². The van der Waals surface area contributed by atoms with Crippen molar-refractivity contribution in [2.24, 2.45) is 5.92 Å². The van der Waals surface area contributed by atoms with Crippen molar-refractivity contribution in [3.63, 3.8) is 0 Å². The van der Waals surface area contributed by atoms with Crippen LogP contribution in [0.2, 0.25) is 0 Å². The molecule has 0 radical (unpaired) electrons. The summed E-state index contributed by atoms with van der Waals surface area (Å²) in [6.45, 7) is 2.03. The molecule has 6 nitrogen and oxygen atoms in total. The van der Waals surface area contributed by atoms with Crippen LogP contribution in [-0.2, 0) is 9.59 Å². The molecule has 2 N–H and O–H groups in total. The minimum Gasteiger partial charge on any atom is -0.480 e. The van der Waals surface area contributed by atoms with Crippen molar-refractivity contribution in [3.05, 3.63) is 17.0 Å². The summed E-state index contributed by atoms with van der Waals surface area (Å²) in [5, 5.41) is 12.8. The van der Waals surface area contributed by atoms with E-state index in [1.807, 2.05) is 0 Å². The standard InChI is InChI=1S/C15H18N2O4S/c1-15(14(20)21)7-2-8-17(15)13(19)10-5-6-11(22-10)16-12(18)9-3-4-9/h5-6,9H,2-4,7-8H2,1H3,(H,16,18)(H,20,21)/t15-/m0/s1. The second-order valence-electron chi connectivity index (χ2n) is 6.07. The molecule has 1 aromatic rings. The third kappa shape index (κ3) is 2.61. The first-order valence-electron chi connectivity index (χ1n) is 7.38. The predicted molar refractivity (Wildman–Crippen MR) is 82.0 cm³/mol. The van der Waals surface area contributed by atoms with Gasteiger partial charge in [0.2, 0.25) is 5.91 Å². The minimum absolute atomic E-state index is 0.00241. The number of hydrogen-bond acceptors (Lipinski definition) is 4. The van der Waals surface area contributed by atoms with E-state index in [-0.39, 0.29) is 17.7 Å². The summed E-state index contributed by atoms with van der Waals surface area (Å²) in [6.07, 6.45) is 3.00. The minimum atomic E-state index is -1.14. The van der Waals surface area contributed by atoms with Crippen LogP contribution in [0.5, 0.6) is 0 Å². The lowest BCUT2D eigenvalue weighted by Gasteiger charge is -2.30. The molecule has 1 aliphatic heterocycles. The Morgan fingerprint density at radius 3 is 2.73 bits per heavy atom. The van der Waals surface area contributed by atoms with Gasteiger partial charge in [-0.05, 0) is 44.7 Å². The Hall–Kier alpha value is -1.89. The zero-order valence-electron chi connectivity index (χ0n) is 12.3. The molecule has 7 heteroatoms. The van der Waals surface area contributed by atoms with Gasteiger partial charge in [-0.25, -0.2) is 4.79 Å². The molecule has 1 atom stereocenters. The molecule has 0 aromatic carbocycles. The van der Waals surface area contributed by atoms with Crippen molar-refractivity contribution in [3.8, 4) is 0 Å². The van der Waals surface area contributed by atoms with E-state index in [0.717, 1.165) is 12.8 Å². The van der Waals surface area contributed by atoms with E-state index in [1.54, 1.807) is 19.1 Å². The number of anilines is 1. The number of carboxylic acid groups (broad SMARTS) is 1. The van der Waals surface area contributed by atoms with Crippen molar-refractivity contribution in [2.75, 3.05) is 11.9 Å². The SMILES string of the molecule is C[C@@]1(C(=O)O)CCCN1C(=O)c1ccc(NC(=O)C2CC2)s1. The molecular weight excluding hydrogens is 304 g/mol. The van der Waals surface area contributed by atoms with Crippen molar-refractivity contribution in [2.45, 2.75) is 38.1 Å². The van der Waals surface area contributed by atoms with Crippen LogP contribution < -0.4 is 5.32 Å². The van der Waals surface area contributed by atoms with Crippen molar-refractivity contribution >= 4 is 34.1 Å². The summed E-state index contributed by atoms with van der Waals surface area (Å²) in [7, 11) is 0. The Morgan fingerprint density at radius 1 is 1.36 bits per heavy atom. The van der Waals surface area contributed by atoms with Crippen molar-refractivity contribution < 1.29 is 19.5 Å². The van der Waals surface area contributed by atoms with Gasteiger partial charge in [-0.1, -0.05) is 0 Å². The third-order valence-corrected chi connectivity index (χ3v) is 5.35. The number of hydrogen-bond donors (Lipinski definition) is 2. The number of aliphatic carboxylic acids is 1. The summed E-state index contributed by atoms with van der Waals surface area (Å²) in [6, 6.07) is 3.35. The van der Waals surface area contributed by atoms with E-state index < -0.39 is 11.5 Å². The van der Waals surface area contributed by atoms with Gasteiger partial charge in [0, 0.05) is 12.5 Å². The van der Waals surface area contributed by atoms with Gasteiger partial charge in [0.1, 0.15) is 5.54 Å². The molecule has 0 bridgehead atoms. The molecule has 1 saturated carbocycles. The van der Waals surface area contributed by atoms with E-state index in [1.165, 1.54) is 16.2 Å². The van der Waals surface area contributed by atoms with Crippen LogP contribution in [-0.4, -0.2) is 39.9 Å². The zero-order valence-corrected chi connectivity index (χ0v) is 13.1. The first-order valence-corrected chi connectivity index (χ1v) is 8.19. The van der Waals surface area contributed by atoms with Crippen LogP contribution in [0.3, 0.4) is 0 Å². The third-order valence-electron chi connectivity index (χ3n) is 4.36. The lowest BCUT2D eigenvalue weighted by Crippen LogP contribution is -2.50. The van der Waals surface area contributed by atoms with Gasteiger partial charge in [0.25, 0.3) is 5.91 Å². The molecule has 3 rings (SSSR count). The fourth-order valence-corrected chi connectivity index (χ4v) is 3.59. The maximum Gasteiger partial charge on any atom is 0.329 e. The van der Waals surface area contributed by atoms with Gasteiger partial charge in [-0.3, -0.25) is 9.59 Å².